The van der Waals surface area contributed by atoms with Gasteiger partial charge in [0.05, 0.1) is 18.0 Å². The van der Waals surface area contributed by atoms with Gasteiger partial charge in [0.2, 0.25) is 0 Å². The molecule has 0 bridgehead atoms. The van der Waals surface area contributed by atoms with Crippen LogP contribution in [0.2, 0.25) is 0 Å². The zero-order chi connectivity index (χ0) is 26.4. The number of rotatable bonds is 10. The van der Waals surface area contributed by atoms with Gasteiger partial charge in [0.15, 0.2) is 14.6 Å². The van der Waals surface area contributed by atoms with E-state index in [0.717, 1.165) is 12.1 Å². The summed E-state index contributed by atoms with van der Waals surface area (Å²) in [6, 6.07) is 10.0. The summed E-state index contributed by atoms with van der Waals surface area (Å²) in [5.74, 6) is -0.891. The summed E-state index contributed by atoms with van der Waals surface area (Å²) in [5.41, 5.74) is 0. The minimum absolute atomic E-state index is 0.0234. The second-order valence-electron chi connectivity index (χ2n) is 7.97. The van der Waals surface area contributed by atoms with E-state index in [1.54, 1.807) is 6.92 Å². The van der Waals surface area contributed by atoms with Gasteiger partial charge in [-0.25, -0.2) is 13.5 Å². The molecule has 2 aromatic carbocycles. The number of amides is 1. The lowest BCUT2D eigenvalue weighted by Crippen LogP contribution is -2.58. The highest BCUT2D eigenvalue weighted by molar-refractivity contribution is 7.93. The van der Waals surface area contributed by atoms with E-state index in [4.69, 9.17) is 9.47 Å². The van der Waals surface area contributed by atoms with Crippen molar-refractivity contribution in [2.24, 2.45) is 0 Å². The molecule has 1 aliphatic rings. The molecule has 198 valence electrons. The van der Waals surface area contributed by atoms with E-state index in [1.165, 1.54) is 36.4 Å². The average Bonchev–Trinajstić information content (AvgIpc) is 2.84. The topological polar surface area (TPSA) is 114 Å². The lowest BCUT2D eigenvalue weighted by molar-refractivity contribution is -0.274. The van der Waals surface area contributed by atoms with Crippen LogP contribution in [0, 0.1) is 0 Å². The normalized spacial score (nSPS) is 15.8. The summed E-state index contributed by atoms with van der Waals surface area (Å²) >= 11 is 0. The zero-order valence-electron chi connectivity index (χ0n) is 19.5. The molecule has 1 aliphatic heterocycles. The minimum Gasteiger partial charge on any atom is -0.457 e. The van der Waals surface area contributed by atoms with Crippen LogP contribution in [0.3, 0.4) is 0 Å². The minimum atomic E-state index is -4.81. The highest BCUT2D eigenvalue weighted by atomic mass is 32.2. The predicted octanol–water partition coefficient (Wildman–Crippen LogP) is 3.53. The van der Waals surface area contributed by atoms with Crippen molar-refractivity contribution in [3.63, 3.8) is 0 Å². The Morgan fingerprint density at radius 3 is 2.08 bits per heavy atom. The number of nitrogens with zero attached hydrogens (tertiary/aromatic N) is 1. The quantitative estimate of drug-likeness (QED) is 0.271. The largest absolute Gasteiger partial charge is 0.573 e. The SMILES string of the molecule is CCOCCN(O)C(=O)C1(S(=O)(=O)c2ccc(Oc3ccc(OC(F)(F)F)cc3)cc2)CCNCC1. The number of benzene rings is 2. The van der Waals surface area contributed by atoms with Crippen LogP contribution in [-0.2, 0) is 19.4 Å². The van der Waals surface area contributed by atoms with Crippen molar-refractivity contribution in [2.75, 3.05) is 32.8 Å². The molecule has 2 aromatic rings. The molecule has 0 saturated carbocycles. The van der Waals surface area contributed by atoms with Crippen LogP contribution in [0.1, 0.15) is 19.8 Å². The molecule has 9 nitrogen and oxygen atoms in total. The third-order valence-electron chi connectivity index (χ3n) is 5.63. The van der Waals surface area contributed by atoms with Gasteiger partial charge in [0.1, 0.15) is 17.2 Å². The van der Waals surface area contributed by atoms with Gasteiger partial charge in [-0.3, -0.25) is 10.0 Å². The Kier molecular flexibility index (Phi) is 8.82. The molecule has 2 N–H and O–H groups in total. The summed E-state index contributed by atoms with van der Waals surface area (Å²) < 4.78 is 76.9. The van der Waals surface area contributed by atoms with E-state index in [2.05, 4.69) is 10.1 Å². The molecule has 0 aromatic heterocycles. The van der Waals surface area contributed by atoms with E-state index in [9.17, 15) is 31.6 Å². The van der Waals surface area contributed by atoms with Gasteiger partial charge in [0, 0.05) is 6.61 Å². The monoisotopic (exact) mass is 532 g/mol. The molecule has 0 aliphatic carbocycles. The number of carbonyl (C=O) groups excluding carboxylic acids is 1. The molecule has 1 fully saturated rings. The first-order valence-corrected chi connectivity index (χ1v) is 12.6. The van der Waals surface area contributed by atoms with Crippen molar-refractivity contribution in [2.45, 2.75) is 35.8 Å². The third-order valence-corrected chi connectivity index (χ3v) is 8.13. The van der Waals surface area contributed by atoms with Crippen molar-refractivity contribution in [3.05, 3.63) is 48.5 Å². The van der Waals surface area contributed by atoms with Crippen LogP contribution in [0.25, 0.3) is 0 Å². The second-order valence-corrected chi connectivity index (χ2v) is 10.2. The summed E-state index contributed by atoms with van der Waals surface area (Å²) in [6.07, 6.45) is -4.86. The summed E-state index contributed by atoms with van der Waals surface area (Å²) in [6.45, 7) is 2.58. The van der Waals surface area contributed by atoms with Crippen molar-refractivity contribution in [3.8, 4) is 17.2 Å². The third kappa shape index (κ3) is 6.46. The molecule has 0 spiro atoms. The maximum atomic E-state index is 13.6. The van der Waals surface area contributed by atoms with Crippen molar-refractivity contribution >= 4 is 15.7 Å². The number of sulfone groups is 1. The number of halogens is 3. The van der Waals surface area contributed by atoms with Crippen molar-refractivity contribution in [1.82, 2.24) is 10.4 Å². The first kappa shape index (κ1) is 27.7. The summed E-state index contributed by atoms with van der Waals surface area (Å²) in [4.78, 5) is 13.0. The molecule has 0 unspecified atom stereocenters. The molecular formula is C23H27F3N2O7S. The van der Waals surface area contributed by atoms with Crippen molar-refractivity contribution in [1.29, 1.82) is 0 Å². The number of alkyl halides is 3. The van der Waals surface area contributed by atoms with E-state index in [-0.39, 0.29) is 55.5 Å². The Bertz CT molecular complexity index is 1120. The highest BCUT2D eigenvalue weighted by Crippen LogP contribution is 2.36. The molecule has 1 saturated heterocycles. The number of piperidine rings is 1. The van der Waals surface area contributed by atoms with Gasteiger partial charge in [-0.2, -0.15) is 0 Å². The van der Waals surface area contributed by atoms with Crippen LogP contribution in [0.15, 0.2) is 53.4 Å². The Balaban J connectivity index is 1.78. The van der Waals surface area contributed by atoms with E-state index < -0.39 is 32.6 Å². The molecular weight excluding hydrogens is 505 g/mol. The zero-order valence-corrected chi connectivity index (χ0v) is 20.3. The number of hydrogen-bond acceptors (Lipinski definition) is 8. The lowest BCUT2D eigenvalue weighted by Gasteiger charge is -2.37. The van der Waals surface area contributed by atoms with Gasteiger partial charge in [0.25, 0.3) is 5.91 Å². The predicted molar refractivity (Wildman–Crippen MR) is 122 cm³/mol. The van der Waals surface area contributed by atoms with Crippen LogP contribution < -0.4 is 14.8 Å². The molecule has 1 heterocycles. The number of ether oxygens (including phenoxy) is 3. The first-order chi connectivity index (χ1) is 17.0. The van der Waals surface area contributed by atoms with Crippen LogP contribution >= 0.6 is 0 Å². The van der Waals surface area contributed by atoms with Gasteiger partial charge in [-0.05, 0) is 81.4 Å². The van der Waals surface area contributed by atoms with Gasteiger partial charge < -0.3 is 19.5 Å². The van der Waals surface area contributed by atoms with Gasteiger partial charge in [-0.15, -0.1) is 13.2 Å². The van der Waals surface area contributed by atoms with Gasteiger partial charge >= 0.3 is 6.36 Å². The first-order valence-electron chi connectivity index (χ1n) is 11.2. The summed E-state index contributed by atoms with van der Waals surface area (Å²) in [7, 11) is -4.22. The van der Waals surface area contributed by atoms with E-state index in [0.29, 0.717) is 11.7 Å². The molecule has 1 amide bonds. The van der Waals surface area contributed by atoms with E-state index >= 15 is 0 Å². The lowest BCUT2D eigenvalue weighted by atomic mass is 9.95. The Morgan fingerprint density at radius 1 is 1.03 bits per heavy atom. The molecule has 0 radical (unpaired) electrons. The molecule has 13 heteroatoms. The Morgan fingerprint density at radius 2 is 1.56 bits per heavy atom. The maximum absolute atomic E-state index is 13.6. The fraction of sp³-hybridized carbons (Fsp3) is 0.435. The molecule has 3 rings (SSSR count). The number of nitrogens with one attached hydrogen (secondary N) is 1. The van der Waals surface area contributed by atoms with Crippen molar-refractivity contribution < 1.29 is 45.8 Å². The van der Waals surface area contributed by atoms with E-state index in [1.807, 2.05) is 0 Å². The van der Waals surface area contributed by atoms with Gasteiger partial charge in [-0.1, -0.05) is 0 Å². The van der Waals surface area contributed by atoms with Crippen LogP contribution in [0.4, 0.5) is 13.2 Å². The molecule has 36 heavy (non-hydrogen) atoms. The standard InChI is InChI=1S/C23H27F3N2O7S/c1-2-33-16-15-28(30)21(29)22(11-13-27-14-12-22)36(31,32)20-9-7-18(8-10-20)34-17-3-5-19(6-4-17)35-23(24,25)26/h3-10,27,30H,2,11-16H2,1H3. The Hall–Kier alpha value is -2.87. The second kappa shape index (κ2) is 11.5. The number of hydrogen-bond donors (Lipinski definition) is 2. The van der Waals surface area contributed by atoms with Crippen LogP contribution in [-0.4, -0.2) is 68.6 Å². The number of hydroxylamine groups is 2. The smallest absolute Gasteiger partial charge is 0.457 e. The number of carbonyl (C=O) groups is 1. The van der Waals surface area contributed by atoms with Crippen LogP contribution in [0.5, 0.6) is 17.2 Å². The molecule has 0 atom stereocenters. The average molecular weight is 533 g/mol. The highest BCUT2D eigenvalue weighted by Gasteiger charge is 2.53. The Labute approximate surface area is 206 Å². The fourth-order valence-corrected chi connectivity index (χ4v) is 5.84. The summed E-state index contributed by atoms with van der Waals surface area (Å²) in [5, 5.41) is 13.7. The fourth-order valence-electron chi connectivity index (χ4n) is 3.82. The maximum Gasteiger partial charge on any atom is 0.573 e.